The molecule has 0 aromatic carbocycles. The first-order valence-electron chi connectivity index (χ1n) is 6.64. The van der Waals surface area contributed by atoms with E-state index in [0.29, 0.717) is 0 Å². The van der Waals surface area contributed by atoms with Crippen molar-refractivity contribution in [2.45, 2.75) is 53.0 Å². The lowest BCUT2D eigenvalue weighted by Crippen LogP contribution is -2.39. The Balaban J connectivity index is 2.48. The van der Waals surface area contributed by atoms with Gasteiger partial charge in [0.25, 0.3) is 0 Å². The van der Waals surface area contributed by atoms with Crippen molar-refractivity contribution < 1.29 is 0 Å². The fraction of sp³-hybridized carbons (Fsp3) is 0.733. The largest absolute Gasteiger partial charge is 0.312 e. The Morgan fingerprint density at radius 1 is 1.29 bits per heavy atom. The van der Waals surface area contributed by atoms with Crippen LogP contribution in [0.1, 0.15) is 45.9 Å². The van der Waals surface area contributed by atoms with Crippen LogP contribution in [0, 0.1) is 11.8 Å². The first-order valence-corrected chi connectivity index (χ1v) is 7.52. The van der Waals surface area contributed by atoms with Gasteiger partial charge in [0.05, 0.1) is 0 Å². The van der Waals surface area contributed by atoms with Crippen LogP contribution >= 0.6 is 11.3 Å². The smallest absolute Gasteiger partial charge is 0.00966 e. The van der Waals surface area contributed by atoms with Gasteiger partial charge >= 0.3 is 0 Å². The molecule has 0 aliphatic rings. The van der Waals surface area contributed by atoms with Crippen LogP contribution in [0.15, 0.2) is 17.5 Å². The molecule has 1 nitrogen and oxygen atoms in total. The van der Waals surface area contributed by atoms with Crippen molar-refractivity contribution in [3.63, 3.8) is 0 Å². The predicted octanol–water partition coefficient (Wildman–Crippen LogP) is 4.34. The normalized spacial score (nSPS) is 14.2. The van der Waals surface area contributed by atoms with Gasteiger partial charge in [-0.25, -0.2) is 0 Å². The van der Waals surface area contributed by atoms with Gasteiger partial charge in [-0.05, 0) is 63.4 Å². The number of rotatable bonds is 6. The van der Waals surface area contributed by atoms with Crippen molar-refractivity contribution in [3.05, 3.63) is 22.4 Å². The maximum Gasteiger partial charge on any atom is 0.00966 e. The van der Waals surface area contributed by atoms with E-state index in [2.05, 4.69) is 57.4 Å². The minimum atomic E-state index is 0.227. The molecule has 1 N–H and O–H groups in total. The minimum Gasteiger partial charge on any atom is -0.312 e. The van der Waals surface area contributed by atoms with E-state index in [1.807, 2.05) is 11.3 Å². The van der Waals surface area contributed by atoms with E-state index >= 15 is 0 Å². The van der Waals surface area contributed by atoms with Crippen LogP contribution < -0.4 is 5.32 Å². The van der Waals surface area contributed by atoms with Crippen LogP contribution in [0.5, 0.6) is 0 Å². The van der Waals surface area contributed by atoms with Gasteiger partial charge in [-0.15, -0.1) is 11.3 Å². The Kier molecular flexibility index (Phi) is 5.68. The zero-order chi connectivity index (χ0) is 12.9. The highest BCUT2D eigenvalue weighted by Crippen LogP contribution is 2.20. The highest BCUT2D eigenvalue weighted by molar-refractivity contribution is 7.09. The number of hydrogen-bond acceptors (Lipinski definition) is 2. The van der Waals surface area contributed by atoms with Crippen LogP contribution in [-0.4, -0.2) is 12.1 Å². The molecule has 0 spiro atoms. The van der Waals surface area contributed by atoms with Crippen LogP contribution in [0.3, 0.4) is 0 Å². The summed E-state index contributed by atoms with van der Waals surface area (Å²) in [6.45, 7) is 12.5. The molecular weight excluding hydrogens is 226 g/mol. The van der Waals surface area contributed by atoms with Crippen LogP contribution in [-0.2, 0) is 6.42 Å². The van der Waals surface area contributed by atoms with E-state index in [-0.39, 0.29) is 5.54 Å². The molecule has 1 unspecified atom stereocenters. The lowest BCUT2D eigenvalue weighted by atomic mass is 9.92. The SMILES string of the molecule is CC(C)CC(CNC(C)(C)C)Cc1cccs1. The summed E-state index contributed by atoms with van der Waals surface area (Å²) in [6, 6.07) is 4.42. The third-order valence-corrected chi connectivity index (χ3v) is 3.69. The van der Waals surface area contributed by atoms with E-state index in [9.17, 15) is 0 Å². The second-order valence-corrected chi connectivity index (χ2v) is 7.44. The van der Waals surface area contributed by atoms with Crippen molar-refractivity contribution in [2.24, 2.45) is 11.8 Å². The molecule has 1 rings (SSSR count). The number of thiophene rings is 1. The van der Waals surface area contributed by atoms with Gasteiger partial charge in [0.1, 0.15) is 0 Å². The summed E-state index contributed by atoms with van der Waals surface area (Å²) in [4.78, 5) is 1.52. The zero-order valence-corrected chi connectivity index (χ0v) is 12.7. The summed E-state index contributed by atoms with van der Waals surface area (Å²) in [5, 5.41) is 5.82. The average Bonchev–Trinajstić information content (AvgIpc) is 2.65. The summed E-state index contributed by atoms with van der Waals surface area (Å²) in [6.07, 6.45) is 2.53. The highest BCUT2D eigenvalue weighted by atomic mass is 32.1. The molecule has 0 radical (unpaired) electrons. The van der Waals surface area contributed by atoms with Crippen molar-refractivity contribution in [2.75, 3.05) is 6.54 Å². The van der Waals surface area contributed by atoms with E-state index in [1.165, 1.54) is 17.7 Å². The van der Waals surface area contributed by atoms with Gasteiger partial charge in [0, 0.05) is 10.4 Å². The maximum absolute atomic E-state index is 3.64. The summed E-state index contributed by atoms with van der Waals surface area (Å²) >= 11 is 1.88. The van der Waals surface area contributed by atoms with Gasteiger partial charge in [0.15, 0.2) is 0 Å². The Bertz CT molecular complexity index is 295. The minimum absolute atomic E-state index is 0.227. The molecule has 98 valence electrons. The molecule has 2 heteroatoms. The second-order valence-electron chi connectivity index (χ2n) is 6.41. The van der Waals surface area contributed by atoms with Gasteiger partial charge in [-0.2, -0.15) is 0 Å². The van der Waals surface area contributed by atoms with E-state index in [0.717, 1.165) is 18.4 Å². The molecule has 0 aliphatic heterocycles. The second kappa shape index (κ2) is 6.55. The van der Waals surface area contributed by atoms with Crippen molar-refractivity contribution in [1.29, 1.82) is 0 Å². The number of hydrogen-bond donors (Lipinski definition) is 1. The molecule has 0 bridgehead atoms. The lowest BCUT2D eigenvalue weighted by molar-refractivity contribution is 0.332. The quantitative estimate of drug-likeness (QED) is 0.795. The predicted molar refractivity (Wildman–Crippen MR) is 78.7 cm³/mol. The van der Waals surface area contributed by atoms with Crippen molar-refractivity contribution in [1.82, 2.24) is 5.32 Å². The highest BCUT2D eigenvalue weighted by Gasteiger charge is 2.16. The molecule has 1 heterocycles. The molecule has 0 aliphatic carbocycles. The van der Waals surface area contributed by atoms with Crippen LogP contribution in [0.4, 0.5) is 0 Å². The lowest BCUT2D eigenvalue weighted by Gasteiger charge is -2.26. The van der Waals surface area contributed by atoms with Gasteiger partial charge in [-0.1, -0.05) is 19.9 Å². The van der Waals surface area contributed by atoms with E-state index in [4.69, 9.17) is 0 Å². The molecule has 0 fully saturated rings. The van der Waals surface area contributed by atoms with Gasteiger partial charge < -0.3 is 5.32 Å². The summed E-state index contributed by atoms with van der Waals surface area (Å²) < 4.78 is 0. The fourth-order valence-electron chi connectivity index (χ4n) is 2.07. The topological polar surface area (TPSA) is 12.0 Å². The molecule has 17 heavy (non-hydrogen) atoms. The molecule has 0 saturated heterocycles. The Labute approximate surface area is 111 Å². The third kappa shape index (κ3) is 6.85. The first-order chi connectivity index (χ1) is 7.87. The summed E-state index contributed by atoms with van der Waals surface area (Å²) in [5.41, 5.74) is 0.227. The monoisotopic (exact) mass is 253 g/mol. The Hall–Kier alpha value is -0.340. The van der Waals surface area contributed by atoms with Crippen LogP contribution in [0.2, 0.25) is 0 Å². The Morgan fingerprint density at radius 3 is 2.47 bits per heavy atom. The molecule has 0 amide bonds. The summed E-state index contributed by atoms with van der Waals surface area (Å²) in [7, 11) is 0. The first kappa shape index (κ1) is 14.7. The molecule has 1 aromatic rings. The van der Waals surface area contributed by atoms with Crippen molar-refractivity contribution in [3.8, 4) is 0 Å². The molecule has 1 aromatic heterocycles. The van der Waals surface area contributed by atoms with E-state index < -0.39 is 0 Å². The molecule has 0 saturated carbocycles. The van der Waals surface area contributed by atoms with Crippen molar-refractivity contribution >= 4 is 11.3 Å². The van der Waals surface area contributed by atoms with Gasteiger partial charge in [0.2, 0.25) is 0 Å². The summed E-state index contributed by atoms with van der Waals surface area (Å²) in [5.74, 6) is 1.54. The van der Waals surface area contributed by atoms with Gasteiger partial charge in [-0.3, -0.25) is 0 Å². The van der Waals surface area contributed by atoms with E-state index in [1.54, 1.807) is 0 Å². The maximum atomic E-state index is 3.64. The fourth-order valence-corrected chi connectivity index (χ4v) is 2.89. The average molecular weight is 253 g/mol. The number of nitrogens with one attached hydrogen (secondary N) is 1. The third-order valence-electron chi connectivity index (χ3n) is 2.80. The Morgan fingerprint density at radius 2 is 2.00 bits per heavy atom. The zero-order valence-electron chi connectivity index (χ0n) is 11.9. The van der Waals surface area contributed by atoms with Crippen LogP contribution in [0.25, 0.3) is 0 Å². The standard InChI is InChI=1S/C15H27NS/c1-12(2)9-13(11-16-15(3,4)5)10-14-7-6-8-17-14/h6-8,12-13,16H,9-11H2,1-5H3. The molecular formula is C15H27NS. The molecule has 1 atom stereocenters.